The van der Waals surface area contributed by atoms with E-state index in [1.165, 1.54) is 19.3 Å². The summed E-state index contributed by atoms with van der Waals surface area (Å²) in [5.41, 5.74) is 7.18. The monoisotopic (exact) mass is 192 g/mol. The number of hydrogen-bond acceptors (Lipinski definition) is 3. The van der Waals surface area contributed by atoms with Crippen LogP contribution in [0.2, 0.25) is 0 Å². The van der Waals surface area contributed by atoms with E-state index in [1.807, 2.05) is 12.1 Å². The first-order chi connectivity index (χ1) is 6.75. The lowest BCUT2D eigenvalue weighted by Crippen LogP contribution is -2.34. The maximum atomic E-state index is 9.23. The lowest BCUT2D eigenvalue weighted by Gasteiger charge is -2.26. The first kappa shape index (κ1) is 9.34. The molecule has 4 N–H and O–H groups in total. The Labute approximate surface area is 83.9 Å². The van der Waals surface area contributed by atoms with Crippen molar-refractivity contribution in [2.75, 3.05) is 5.73 Å². The highest BCUT2D eigenvalue weighted by Gasteiger charge is 2.15. The molecule has 2 rings (SSSR count). The molecular formula is C11H16N2O. The minimum Gasteiger partial charge on any atom is -0.506 e. The Morgan fingerprint density at radius 1 is 1.43 bits per heavy atom. The van der Waals surface area contributed by atoms with Crippen LogP contribution in [0, 0.1) is 0 Å². The number of aromatic hydroxyl groups is 1. The third-order valence-electron chi connectivity index (χ3n) is 2.79. The maximum absolute atomic E-state index is 9.23. The number of rotatable bonds is 3. The van der Waals surface area contributed by atoms with Gasteiger partial charge >= 0.3 is 0 Å². The second-order valence-electron chi connectivity index (χ2n) is 3.90. The van der Waals surface area contributed by atoms with E-state index in [1.54, 1.807) is 6.07 Å². The summed E-state index contributed by atoms with van der Waals surface area (Å²) >= 11 is 0. The Hall–Kier alpha value is -1.22. The van der Waals surface area contributed by atoms with Crippen LogP contribution in [0.25, 0.3) is 0 Å². The lowest BCUT2D eigenvalue weighted by molar-refractivity contribution is 0.338. The molecular weight excluding hydrogens is 176 g/mol. The summed E-state index contributed by atoms with van der Waals surface area (Å²) in [4.78, 5) is 0. The summed E-state index contributed by atoms with van der Waals surface area (Å²) in [5, 5.41) is 12.7. The minimum absolute atomic E-state index is 0.164. The molecule has 0 heterocycles. The van der Waals surface area contributed by atoms with Crippen LogP contribution >= 0.6 is 0 Å². The van der Waals surface area contributed by atoms with E-state index >= 15 is 0 Å². The Morgan fingerprint density at radius 3 is 2.79 bits per heavy atom. The fourth-order valence-electron chi connectivity index (χ4n) is 1.59. The molecule has 1 aliphatic carbocycles. The maximum Gasteiger partial charge on any atom is 0.138 e. The normalized spacial score (nSPS) is 16.6. The highest BCUT2D eigenvalue weighted by molar-refractivity contribution is 5.53. The highest BCUT2D eigenvalue weighted by Crippen LogP contribution is 2.22. The molecule has 1 saturated carbocycles. The molecule has 0 aromatic heterocycles. The molecule has 1 aromatic carbocycles. The van der Waals surface area contributed by atoms with Gasteiger partial charge in [-0.3, -0.25) is 0 Å². The van der Waals surface area contributed by atoms with E-state index in [2.05, 4.69) is 5.32 Å². The Bertz CT molecular complexity index is 321. The average Bonchev–Trinajstić information content (AvgIpc) is 2.08. The highest BCUT2D eigenvalue weighted by atomic mass is 16.3. The van der Waals surface area contributed by atoms with Crippen molar-refractivity contribution < 1.29 is 5.11 Å². The fourth-order valence-corrected chi connectivity index (χ4v) is 1.59. The minimum atomic E-state index is 0.164. The number of nitrogen functional groups attached to an aromatic ring is 1. The van der Waals surface area contributed by atoms with E-state index in [0.29, 0.717) is 11.7 Å². The summed E-state index contributed by atoms with van der Waals surface area (Å²) in [6.07, 6.45) is 3.91. The number of phenolic OH excluding ortho intramolecular Hbond substituents is 1. The van der Waals surface area contributed by atoms with E-state index in [4.69, 9.17) is 5.73 Å². The second-order valence-corrected chi connectivity index (χ2v) is 3.90. The Kier molecular flexibility index (Phi) is 2.59. The number of benzene rings is 1. The molecule has 3 nitrogen and oxygen atoms in total. The summed E-state index contributed by atoms with van der Waals surface area (Å²) in [6, 6.07) is 6.05. The van der Waals surface area contributed by atoms with Gasteiger partial charge in [-0.15, -0.1) is 0 Å². The Balaban J connectivity index is 1.91. The Morgan fingerprint density at radius 2 is 2.21 bits per heavy atom. The predicted molar refractivity (Wildman–Crippen MR) is 57.0 cm³/mol. The van der Waals surface area contributed by atoms with Crippen LogP contribution < -0.4 is 11.1 Å². The molecule has 0 saturated heterocycles. The average molecular weight is 192 g/mol. The largest absolute Gasteiger partial charge is 0.506 e. The van der Waals surface area contributed by atoms with Gasteiger partial charge < -0.3 is 16.2 Å². The zero-order valence-electron chi connectivity index (χ0n) is 8.16. The molecule has 1 aromatic rings. The fraction of sp³-hybridized carbons (Fsp3) is 0.455. The molecule has 0 aliphatic heterocycles. The van der Waals surface area contributed by atoms with E-state index < -0.39 is 0 Å². The van der Waals surface area contributed by atoms with Gasteiger partial charge in [0.2, 0.25) is 0 Å². The van der Waals surface area contributed by atoms with Crippen molar-refractivity contribution in [3.8, 4) is 5.75 Å². The van der Waals surface area contributed by atoms with Crippen molar-refractivity contribution in [1.29, 1.82) is 0 Å². The van der Waals surface area contributed by atoms with E-state index in [9.17, 15) is 5.11 Å². The molecule has 3 heteroatoms. The molecule has 0 spiro atoms. The number of hydrogen-bond donors (Lipinski definition) is 3. The van der Waals surface area contributed by atoms with E-state index in [0.717, 1.165) is 12.1 Å². The number of nitrogens with one attached hydrogen (secondary N) is 1. The van der Waals surface area contributed by atoms with Crippen LogP contribution in [-0.4, -0.2) is 11.1 Å². The van der Waals surface area contributed by atoms with Crippen LogP contribution in [0.3, 0.4) is 0 Å². The van der Waals surface area contributed by atoms with Gasteiger partial charge in [0.15, 0.2) is 0 Å². The summed E-state index contributed by atoms with van der Waals surface area (Å²) < 4.78 is 0. The van der Waals surface area contributed by atoms with Crippen LogP contribution in [0.15, 0.2) is 18.2 Å². The summed E-state index contributed by atoms with van der Waals surface area (Å²) in [6.45, 7) is 0.842. The lowest BCUT2D eigenvalue weighted by atomic mass is 9.93. The van der Waals surface area contributed by atoms with Gasteiger partial charge in [0.25, 0.3) is 0 Å². The SMILES string of the molecule is Nc1cc(CNC2CCC2)ccc1O. The molecule has 1 aliphatic rings. The molecule has 0 atom stereocenters. The van der Waals surface area contributed by atoms with Crippen molar-refractivity contribution in [3.05, 3.63) is 23.8 Å². The topological polar surface area (TPSA) is 58.3 Å². The van der Waals surface area contributed by atoms with Crippen molar-refractivity contribution in [2.45, 2.75) is 31.8 Å². The predicted octanol–water partition coefficient (Wildman–Crippen LogP) is 1.62. The van der Waals surface area contributed by atoms with Crippen LogP contribution in [0.5, 0.6) is 5.75 Å². The van der Waals surface area contributed by atoms with Gasteiger partial charge in [0.1, 0.15) is 5.75 Å². The quantitative estimate of drug-likeness (QED) is 0.504. The number of phenols is 1. The van der Waals surface area contributed by atoms with Gasteiger partial charge in [-0.1, -0.05) is 12.5 Å². The smallest absolute Gasteiger partial charge is 0.138 e. The van der Waals surface area contributed by atoms with Crippen LogP contribution in [0.4, 0.5) is 5.69 Å². The standard InChI is InChI=1S/C11H16N2O/c12-10-6-8(4-5-11(10)14)7-13-9-2-1-3-9/h4-6,9,13-14H,1-3,7,12H2. The molecule has 1 fully saturated rings. The molecule has 0 amide bonds. The van der Waals surface area contributed by atoms with Gasteiger partial charge in [-0.05, 0) is 30.5 Å². The van der Waals surface area contributed by atoms with Gasteiger partial charge in [0.05, 0.1) is 5.69 Å². The summed E-state index contributed by atoms with van der Waals surface area (Å²) in [5.74, 6) is 0.164. The second kappa shape index (κ2) is 3.88. The molecule has 76 valence electrons. The first-order valence-electron chi connectivity index (χ1n) is 5.06. The zero-order valence-corrected chi connectivity index (χ0v) is 8.16. The summed E-state index contributed by atoms with van der Waals surface area (Å²) in [7, 11) is 0. The number of anilines is 1. The van der Waals surface area contributed by atoms with Gasteiger partial charge in [-0.25, -0.2) is 0 Å². The van der Waals surface area contributed by atoms with Gasteiger partial charge in [-0.2, -0.15) is 0 Å². The number of nitrogens with two attached hydrogens (primary N) is 1. The van der Waals surface area contributed by atoms with Crippen LogP contribution in [0.1, 0.15) is 24.8 Å². The third-order valence-corrected chi connectivity index (χ3v) is 2.79. The first-order valence-corrected chi connectivity index (χ1v) is 5.06. The van der Waals surface area contributed by atoms with Crippen molar-refractivity contribution in [3.63, 3.8) is 0 Å². The molecule has 0 bridgehead atoms. The molecule has 14 heavy (non-hydrogen) atoms. The molecule has 0 radical (unpaired) electrons. The van der Waals surface area contributed by atoms with E-state index in [-0.39, 0.29) is 5.75 Å². The van der Waals surface area contributed by atoms with Crippen molar-refractivity contribution in [2.24, 2.45) is 0 Å². The van der Waals surface area contributed by atoms with Crippen molar-refractivity contribution in [1.82, 2.24) is 5.32 Å². The third kappa shape index (κ3) is 1.99. The van der Waals surface area contributed by atoms with Crippen molar-refractivity contribution >= 4 is 5.69 Å². The molecule has 0 unspecified atom stereocenters. The van der Waals surface area contributed by atoms with Gasteiger partial charge in [0, 0.05) is 12.6 Å². The van der Waals surface area contributed by atoms with Crippen LogP contribution in [-0.2, 0) is 6.54 Å². The zero-order chi connectivity index (χ0) is 9.97.